The van der Waals surface area contributed by atoms with Crippen LogP contribution in [0.4, 0.5) is 0 Å². The number of hydrogen-bond donors (Lipinski definition) is 3. The summed E-state index contributed by atoms with van der Waals surface area (Å²) >= 11 is 3.52. The topological polar surface area (TPSA) is 101 Å². The van der Waals surface area contributed by atoms with Crippen molar-refractivity contribution in [2.45, 2.75) is 30.9 Å². The van der Waals surface area contributed by atoms with Crippen LogP contribution in [0.5, 0.6) is 5.75 Å². The zero-order chi connectivity index (χ0) is 31.5. The highest BCUT2D eigenvalue weighted by atomic mass is 79.9. The Morgan fingerprint density at radius 1 is 0.889 bits per heavy atom. The molecule has 1 aliphatic rings. The van der Waals surface area contributed by atoms with Crippen LogP contribution < -0.4 is 15.6 Å². The summed E-state index contributed by atoms with van der Waals surface area (Å²) in [6.07, 6.45) is 0.888. The quantitative estimate of drug-likeness (QED) is 0.105. The molecule has 0 saturated carbocycles. The number of amides is 1. The van der Waals surface area contributed by atoms with Crippen molar-refractivity contribution in [3.8, 4) is 16.9 Å². The van der Waals surface area contributed by atoms with Crippen LogP contribution in [0.1, 0.15) is 35.6 Å². The van der Waals surface area contributed by atoms with Crippen molar-refractivity contribution in [3.63, 3.8) is 0 Å². The van der Waals surface area contributed by atoms with Gasteiger partial charge in [0.25, 0.3) is 5.91 Å². The van der Waals surface area contributed by atoms with Gasteiger partial charge in [-0.1, -0.05) is 82.7 Å². The van der Waals surface area contributed by atoms with Crippen LogP contribution in [0.25, 0.3) is 11.1 Å². The number of hydrogen-bond acceptors (Lipinski definition) is 7. The Hall–Kier alpha value is -4.02. The van der Waals surface area contributed by atoms with Gasteiger partial charge in [-0.3, -0.25) is 10.2 Å². The summed E-state index contributed by atoms with van der Waals surface area (Å²) in [6.45, 7) is 1.61. The average molecular weight is 673 g/mol. The number of carbonyl (C=O) groups excluding carboxylic acids is 1. The second-order valence-electron chi connectivity index (χ2n) is 10.8. The molecule has 234 valence electrons. The number of hydrazine groups is 1. The molecule has 5 rings (SSSR count). The largest absolute Gasteiger partial charge is 0.494 e. The molecule has 45 heavy (non-hydrogen) atoms. The molecule has 0 fully saturated rings. The predicted octanol–water partition coefficient (Wildman–Crippen LogP) is 6.03. The van der Waals surface area contributed by atoms with Crippen LogP contribution in [0.2, 0.25) is 0 Å². The van der Waals surface area contributed by atoms with Gasteiger partial charge in [0.1, 0.15) is 5.75 Å². The van der Waals surface area contributed by atoms with Gasteiger partial charge in [-0.15, -0.1) is 0 Å². The van der Waals surface area contributed by atoms with E-state index < -0.39 is 11.6 Å². The van der Waals surface area contributed by atoms with E-state index in [1.54, 1.807) is 7.11 Å². The number of aliphatic hydroxyl groups is 1. The van der Waals surface area contributed by atoms with Gasteiger partial charge in [0.15, 0.2) is 11.6 Å². The maximum atomic E-state index is 14.3. The van der Waals surface area contributed by atoms with Crippen LogP contribution in [0.15, 0.2) is 113 Å². The Morgan fingerprint density at radius 3 is 2.27 bits per heavy atom. The molecule has 1 heterocycles. The lowest BCUT2D eigenvalue weighted by atomic mass is 9.82. The molecule has 0 unspecified atom stereocenters. The van der Waals surface area contributed by atoms with Gasteiger partial charge in [0.2, 0.25) is 5.90 Å². The van der Waals surface area contributed by atoms with Gasteiger partial charge in [-0.2, -0.15) is 0 Å². The van der Waals surface area contributed by atoms with E-state index in [9.17, 15) is 4.79 Å². The zero-order valence-electron chi connectivity index (χ0n) is 25.2. The van der Waals surface area contributed by atoms with Crippen molar-refractivity contribution < 1.29 is 24.1 Å². The van der Waals surface area contributed by atoms with Gasteiger partial charge in [-0.05, 0) is 65.1 Å². The SMILES string of the molecule is COCCCNNC(=O)[C@@]1(Cc2ccc(Br)cc2)N=C(c2ccc(OCCCO)cc2)O[C@H]1c1ccc(-c2ccccc2)cc1. The second kappa shape index (κ2) is 15.8. The highest BCUT2D eigenvalue weighted by Crippen LogP contribution is 2.43. The molecule has 9 heteroatoms. The Kier molecular flexibility index (Phi) is 11.4. The minimum Gasteiger partial charge on any atom is -0.494 e. The molecule has 0 saturated heterocycles. The molecule has 1 aliphatic heterocycles. The van der Waals surface area contributed by atoms with Crippen molar-refractivity contribution in [1.29, 1.82) is 0 Å². The molecular weight excluding hydrogens is 634 g/mol. The summed E-state index contributed by atoms with van der Waals surface area (Å²) in [7, 11) is 1.65. The first-order chi connectivity index (χ1) is 22.0. The predicted molar refractivity (Wildman–Crippen MR) is 179 cm³/mol. The normalized spacial score (nSPS) is 17.4. The zero-order valence-corrected chi connectivity index (χ0v) is 26.8. The molecule has 0 spiro atoms. The highest BCUT2D eigenvalue weighted by molar-refractivity contribution is 9.10. The second-order valence-corrected chi connectivity index (χ2v) is 11.7. The van der Waals surface area contributed by atoms with Crippen molar-refractivity contribution in [1.82, 2.24) is 10.9 Å². The summed E-state index contributed by atoms with van der Waals surface area (Å²) in [6, 6.07) is 33.6. The Labute approximate surface area is 272 Å². The molecule has 0 radical (unpaired) electrons. The van der Waals surface area contributed by atoms with Crippen LogP contribution in [0, 0.1) is 0 Å². The molecule has 0 aromatic heterocycles. The van der Waals surface area contributed by atoms with E-state index >= 15 is 0 Å². The van der Waals surface area contributed by atoms with Gasteiger partial charge >= 0.3 is 0 Å². The molecule has 8 nitrogen and oxygen atoms in total. The highest BCUT2D eigenvalue weighted by Gasteiger charge is 2.53. The van der Waals surface area contributed by atoms with Gasteiger partial charge in [-0.25, -0.2) is 10.4 Å². The van der Waals surface area contributed by atoms with Crippen molar-refractivity contribution in [3.05, 3.63) is 124 Å². The van der Waals surface area contributed by atoms with Gasteiger partial charge < -0.3 is 19.3 Å². The average Bonchev–Trinajstić information content (AvgIpc) is 3.47. The van der Waals surface area contributed by atoms with Gasteiger partial charge in [0.05, 0.1) is 6.61 Å². The molecule has 4 aromatic carbocycles. The summed E-state index contributed by atoms with van der Waals surface area (Å²) < 4.78 is 18.5. The minimum atomic E-state index is -1.32. The minimum absolute atomic E-state index is 0.0696. The lowest BCUT2D eigenvalue weighted by Crippen LogP contribution is -2.54. The van der Waals surface area contributed by atoms with Crippen molar-refractivity contribution in [2.24, 2.45) is 4.99 Å². The van der Waals surface area contributed by atoms with E-state index in [1.807, 2.05) is 78.9 Å². The Bertz CT molecular complexity index is 1550. The van der Waals surface area contributed by atoms with E-state index in [-0.39, 0.29) is 12.5 Å². The number of aliphatic hydroxyl groups excluding tert-OH is 1. The van der Waals surface area contributed by atoms with E-state index in [1.165, 1.54) is 0 Å². The number of nitrogens with zero attached hydrogens (tertiary/aromatic N) is 1. The van der Waals surface area contributed by atoms with Crippen molar-refractivity contribution in [2.75, 3.05) is 33.5 Å². The maximum Gasteiger partial charge on any atom is 0.266 e. The van der Waals surface area contributed by atoms with Crippen LogP contribution >= 0.6 is 15.9 Å². The molecule has 1 amide bonds. The first-order valence-electron chi connectivity index (χ1n) is 15.0. The molecule has 0 aliphatic carbocycles. The first kappa shape index (κ1) is 32.4. The molecule has 4 aromatic rings. The third-order valence-corrected chi connectivity index (χ3v) is 8.12. The summed E-state index contributed by atoms with van der Waals surface area (Å²) in [4.78, 5) is 19.4. The van der Waals surface area contributed by atoms with E-state index in [0.29, 0.717) is 44.2 Å². The van der Waals surface area contributed by atoms with Crippen LogP contribution in [-0.4, -0.2) is 55.9 Å². The fourth-order valence-corrected chi connectivity index (χ4v) is 5.50. The van der Waals surface area contributed by atoms with Crippen LogP contribution in [-0.2, 0) is 20.7 Å². The fourth-order valence-electron chi connectivity index (χ4n) is 5.23. The van der Waals surface area contributed by atoms with Crippen molar-refractivity contribution >= 4 is 27.7 Å². The number of nitrogens with one attached hydrogen (secondary N) is 2. The summed E-state index contributed by atoms with van der Waals surface area (Å²) in [5, 5.41) is 9.07. The molecule has 3 N–H and O–H groups in total. The fraction of sp³-hybridized carbons (Fsp3) is 0.278. The molecule has 2 atom stereocenters. The molecular formula is C36H38BrN3O5. The lowest BCUT2D eigenvalue weighted by Gasteiger charge is -2.31. The number of methoxy groups -OCH3 is 1. The Balaban J connectivity index is 1.52. The standard InChI is InChI=1S/C36H38BrN3O5/c1-43-23-5-21-38-40-35(42)36(25-26-9-17-31(37)18-10-26)33(29-13-11-28(12-14-29)27-7-3-2-4-8-27)45-34(39-36)30-15-19-32(20-16-30)44-24-6-22-41/h2-4,7-20,33,38,41H,5-6,21-25H2,1H3,(H,40,42)/t33-,36-/m0/s1. The maximum absolute atomic E-state index is 14.3. The smallest absolute Gasteiger partial charge is 0.266 e. The molecule has 0 bridgehead atoms. The van der Waals surface area contributed by atoms with Crippen LogP contribution in [0.3, 0.4) is 0 Å². The number of ether oxygens (including phenoxy) is 3. The third kappa shape index (κ3) is 8.18. The van der Waals surface area contributed by atoms with Gasteiger partial charge in [0, 0.05) is 49.7 Å². The number of halogens is 1. The summed E-state index contributed by atoms with van der Waals surface area (Å²) in [5.74, 6) is 0.762. The third-order valence-electron chi connectivity index (χ3n) is 7.59. The first-order valence-corrected chi connectivity index (χ1v) is 15.8. The lowest BCUT2D eigenvalue weighted by molar-refractivity contribution is -0.130. The Morgan fingerprint density at radius 2 is 1.58 bits per heavy atom. The summed E-state index contributed by atoms with van der Waals surface area (Å²) in [5.41, 5.74) is 9.35. The number of aliphatic imine (C=N–C) groups is 1. The number of rotatable bonds is 15. The number of benzene rings is 4. The van der Waals surface area contributed by atoms with E-state index in [2.05, 4.69) is 51.0 Å². The van der Waals surface area contributed by atoms with E-state index in [4.69, 9.17) is 24.3 Å². The van der Waals surface area contributed by atoms with E-state index in [0.717, 1.165) is 38.7 Å². The number of carbonyl (C=O) groups is 1. The monoisotopic (exact) mass is 671 g/mol.